The Morgan fingerprint density at radius 2 is 1.75 bits per heavy atom. The van der Waals surface area contributed by atoms with Crippen LogP contribution in [-0.4, -0.2) is 12.5 Å². The van der Waals surface area contributed by atoms with Crippen molar-refractivity contribution in [2.24, 2.45) is 0 Å². The van der Waals surface area contributed by atoms with Crippen LogP contribution in [0.4, 0.5) is 4.39 Å². The standard InChI is InChI=1S/C17H16FNO/c18-16-9-6-15(7-10-16)8-11-17(20)19-13-12-14-4-2-1-3-5-14/h1-11H,12-13H2,(H,19,20)/b11-8+. The molecule has 0 aromatic heterocycles. The predicted molar refractivity (Wildman–Crippen MR) is 78.6 cm³/mol. The van der Waals surface area contributed by atoms with E-state index >= 15 is 0 Å². The van der Waals surface area contributed by atoms with Gasteiger partial charge in [0.25, 0.3) is 0 Å². The molecule has 0 saturated carbocycles. The number of hydrogen-bond acceptors (Lipinski definition) is 1. The second kappa shape index (κ2) is 7.24. The Morgan fingerprint density at radius 3 is 2.45 bits per heavy atom. The Bertz CT molecular complexity index is 576. The molecule has 0 aliphatic heterocycles. The summed E-state index contributed by atoms with van der Waals surface area (Å²) in [7, 11) is 0. The molecule has 0 aliphatic carbocycles. The lowest BCUT2D eigenvalue weighted by molar-refractivity contribution is -0.116. The summed E-state index contributed by atoms with van der Waals surface area (Å²) in [4.78, 5) is 11.6. The fourth-order valence-corrected chi connectivity index (χ4v) is 1.78. The van der Waals surface area contributed by atoms with Gasteiger partial charge in [0.2, 0.25) is 5.91 Å². The van der Waals surface area contributed by atoms with E-state index in [9.17, 15) is 9.18 Å². The summed E-state index contributed by atoms with van der Waals surface area (Å²) in [6.45, 7) is 0.594. The summed E-state index contributed by atoms with van der Waals surface area (Å²) in [5, 5.41) is 2.81. The Labute approximate surface area is 118 Å². The van der Waals surface area contributed by atoms with Crippen LogP contribution in [0.25, 0.3) is 6.08 Å². The lowest BCUT2D eigenvalue weighted by atomic mass is 10.1. The van der Waals surface area contributed by atoms with Crippen LogP contribution in [-0.2, 0) is 11.2 Å². The van der Waals surface area contributed by atoms with Gasteiger partial charge in [0.15, 0.2) is 0 Å². The summed E-state index contributed by atoms with van der Waals surface area (Å²) in [6.07, 6.45) is 3.92. The Hall–Kier alpha value is -2.42. The van der Waals surface area contributed by atoms with Gasteiger partial charge in [0.1, 0.15) is 5.82 Å². The molecular weight excluding hydrogens is 253 g/mol. The van der Waals surface area contributed by atoms with Gasteiger partial charge in [-0.05, 0) is 35.8 Å². The highest BCUT2D eigenvalue weighted by Crippen LogP contribution is 2.04. The number of hydrogen-bond donors (Lipinski definition) is 1. The minimum absolute atomic E-state index is 0.148. The molecule has 0 aliphatic rings. The van der Waals surface area contributed by atoms with Gasteiger partial charge < -0.3 is 5.32 Å². The summed E-state index contributed by atoms with van der Waals surface area (Å²) in [5.74, 6) is -0.431. The molecule has 0 heterocycles. The lowest BCUT2D eigenvalue weighted by Gasteiger charge is -2.02. The van der Waals surface area contributed by atoms with Crippen LogP contribution in [0.1, 0.15) is 11.1 Å². The maximum atomic E-state index is 12.7. The third-order valence-electron chi connectivity index (χ3n) is 2.85. The SMILES string of the molecule is O=C(/C=C/c1ccc(F)cc1)NCCc1ccccc1. The van der Waals surface area contributed by atoms with Crippen LogP contribution < -0.4 is 5.32 Å². The molecule has 20 heavy (non-hydrogen) atoms. The van der Waals surface area contributed by atoms with Gasteiger partial charge in [-0.1, -0.05) is 42.5 Å². The largest absolute Gasteiger partial charge is 0.352 e. The molecule has 0 fully saturated rings. The van der Waals surface area contributed by atoms with Gasteiger partial charge >= 0.3 is 0 Å². The number of nitrogens with one attached hydrogen (secondary N) is 1. The average Bonchev–Trinajstić information content (AvgIpc) is 2.48. The zero-order chi connectivity index (χ0) is 14.2. The normalized spacial score (nSPS) is 10.7. The molecule has 2 aromatic carbocycles. The van der Waals surface area contributed by atoms with Crippen molar-refractivity contribution in [3.8, 4) is 0 Å². The highest BCUT2D eigenvalue weighted by molar-refractivity contribution is 5.91. The van der Waals surface area contributed by atoms with Gasteiger partial charge in [0.05, 0.1) is 0 Å². The average molecular weight is 269 g/mol. The number of benzene rings is 2. The lowest BCUT2D eigenvalue weighted by Crippen LogP contribution is -2.23. The van der Waals surface area contributed by atoms with E-state index in [1.54, 1.807) is 18.2 Å². The second-order valence-electron chi connectivity index (χ2n) is 4.41. The predicted octanol–water partition coefficient (Wildman–Crippen LogP) is 3.20. The molecule has 2 rings (SSSR count). The molecule has 102 valence electrons. The van der Waals surface area contributed by atoms with Crippen LogP contribution in [0.3, 0.4) is 0 Å². The molecule has 1 amide bonds. The number of carbonyl (C=O) groups excluding carboxylic acids is 1. The van der Waals surface area contributed by atoms with E-state index in [0.29, 0.717) is 6.54 Å². The summed E-state index contributed by atoms with van der Waals surface area (Å²) >= 11 is 0. The van der Waals surface area contributed by atoms with E-state index < -0.39 is 0 Å². The molecule has 0 atom stereocenters. The Balaban J connectivity index is 1.76. The number of carbonyl (C=O) groups is 1. The minimum atomic E-state index is -0.283. The maximum absolute atomic E-state index is 12.7. The molecule has 0 radical (unpaired) electrons. The van der Waals surface area contributed by atoms with Crippen molar-refractivity contribution < 1.29 is 9.18 Å². The molecule has 0 bridgehead atoms. The molecular formula is C17H16FNO. The van der Waals surface area contributed by atoms with Gasteiger partial charge in [-0.3, -0.25) is 4.79 Å². The van der Waals surface area contributed by atoms with Crippen molar-refractivity contribution in [2.75, 3.05) is 6.54 Å². The highest BCUT2D eigenvalue weighted by Gasteiger charge is 1.96. The van der Waals surface area contributed by atoms with Crippen LogP contribution in [0, 0.1) is 5.82 Å². The Kier molecular flexibility index (Phi) is 5.07. The van der Waals surface area contributed by atoms with Crippen LogP contribution in [0.5, 0.6) is 0 Å². The number of rotatable bonds is 5. The monoisotopic (exact) mass is 269 g/mol. The summed E-state index contributed by atoms with van der Waals surface area (Å²) in [6, 6.07) is 16.0. The zero-order valence-corrected chi connectivity index (χ0v) is 11.1. The van der Waals surface area contributed by atoms with Crippen molar-refractivity contribution >= 4 is 12.0 Å². The molecule has 0 saturated heterocycles. The topological polar surface area (TPSA) is 29.1 Å². The number of amides is 1. The first-order valence-corrected chi connectivity index (χ1v) is 6.49. The highest BCUT2D eigenvalue weighted by atomic mass is 19.1. The Morgan fingerprint density at radius 1 is 1.05 bits per heavy atom. The molecule has 0 unspecified atom stereocenters. The van der Waals surface area contributed by atoms with E-state index in [1.165, 1.54) is 23.8 Å². The number of halogens is 1. The quantitative estimate of drug-likeness (QED) is 0.830. The van der Waals surface area contributed by atoms with E-state index in [1.807, 2.05) is 30.3 Å². The van der Waals surface area contributed by atoms with E-state index in [0.717, 1.165) is 12.0 Å². The summed E-state index contributed by atoms with van der Waals surface area (Å²) in [5.41, 5.74) is 1.99. The first kappa shape index (κ1) is 14.0. The van der Waals surface area contributed by atoms with Crippen molar-refractivity contribution in [1.82, 2.24) is 5.32 Å². The van der Waals surface area contributed by atoms with Crippen molar-refractivity contribution in [3.05, 3.63) is 77.6 Å². The van der Waals surface area contributed by atoms with Crippen LogP contribution in [0.15, 0.2) is 60.7 Å². The van der Waals surface area contributed by atoms with Crippen molar-refractivity contribution in [1.29, 1.82) is 0 Å². The van der Waals surface area contributed by atoms with Crippen molar-refractivity contribution in [3.63, 3.8) is 0 Å². The molecule has 0 spiro atoms. The van der Waals surface area contributed by atoms with Crippen molar-refractivity contribution in [2.45, 2.75) is 6.42 Å². The fourth-order valence-electron chi connectivity index (χ4n) is 1.78. The summed E-state index contributed by atoms with van der Waals surface area (Å²) < 4.78 is 12.7. The molecule has 1 N–H and O–H groups in total. The zero-order valence-electron chi connectivity index (χ0n) is 11.1. The third kappa shape index (κ3) is 4.69. The van der Waals surface area contributed by atoms with E-state index in [4.69, 9.17) is 0 Å². The molecule has 2 nitrogen and oxygen atoms in total. The smallest absolute Gasteiger partial charge is 0.244 e. The minimum Gasteiger partial charge on any atom is -0.352 e. The van der Waals surface area contributed by atoms with Gasteiger partial charge in [-0.2, -0.15) is 0 Å². The van der Waals surface area contributed by atoms with E-state index in [2.05, 4.69) is 5.32 Å². The molecule has 3 heteroatoms. The maximum Gasteiger partial charge on any atom is 0.244 e. The fraction of sp³-hybridized carbons (Fsp3) is 0.118. The van der Waals surface area contributed by atoms with Gasteiger partial charge in [0, 0.05) is 12.6 Å². The van der Waals surface area contributed by atoms with E-state index in [-0.39, 0.29) is 11.7 Å². The van der Waals surface area contributed by atoms with Gasteiger partial charge in [-0.15, -0.1) is 0 Å². The molecule has 2 aromatic rings. The van der Waals surface area contributed by atoms with Crippen LogP contribution >= 0.6 is 0 Å². The van der Waals surface area contributed by atoms with Crippen LogP contribution in [0.2, 0.25) is 0 Å². The third-order valence-corrected chi connectivity index (χ3v) is 2.85. The first-order valence-electron chi connectivity index (χ1n) is 6.49. The first-order chi connectivity index (χ1) is 9.74. The second-order valence-corrected chi connectivity index (χ2v) is 4.41. The van der Waals surface area contributed by atoms with Gasteiger partial charge in [-0.25, -0.2) is 4.39 Å².